The van der Waals surface area contributed by atoms with Crippen molar-refractivity contribution in [2.45, 2.75) is 45.6 Å². The Morgan fingerprint density at radius 1 is 1.40 bits per heavy atom. The van der Waals surface area contributed by atoms with Gasteiger partial charge < -0.3 is 4.74 Å². The normalized spacial score (nSPS) is 16.1. The molecule has 4 nitrogen and oxygen atoms in total. The van der Waals surface area contributed by atoms with Crippen LogP contribution < -0.4 is 5.32 Å². The van der Waals surface area contributed by atoms with Crippen LogP contribution in [-0.2, 0) is 20.8 Å². The Bertz CT molecular complexity index is 234. The lowest BCUT2D eigenvalue weighted by molar-refractivity contribution is -0.138. The van der Waals surface area contributed by atoms with E-state index >= 15 is 0 Å². The molecule has 0 bridgehead atoms. The molecule has 1 saturated heterocycles. The highest BCUT2D eigenvalue weighted by atomic mass is 32.1. The molecule has 15 heavy (non-hydrogen) atoms. The minimum absolute atomic E-state index is 0.318. The molecule has 1 fully saturated rings. The van der Waals surface area contributed by atoms with Gasteiger partial charge in [0.1, 0.15) is 16.9 Å². The Kier molecular flexibility index (Phi) is 7.25. The van der Waals surface area contributed by atoms with Gasteiger partial charge in [-0.1, -0.05) is 0 Å². The largest absolute Gasteiger partial charge is 0.462 e. The number of nitrogens with one attached hydrogen (secondary N) is 1. The third kappa shape index (κ3) is 9.62. The summed E-state index contributed by atoms with van der Waals surface area (Å²) < 4.78 is 14.7. The molecular weight excluding hydrogens is 214 g/mol. The van der Waals surface area contributed by atoms with Crippen LogP contribution in [0.15, 0.2) is 0 Å². The fraction of sp³-hybridized carbons (Fsp3) is 0.800. The zero-order chi connectivity index (χ0) is 11.7. The monoisotopic (exact) mass is 233 g/mol. The molecule has 88 valence electrons. The number of carbonyl (C=O) groups excluding carboxylic acids is 1. The molecule has 0 aliphatic carbocycles. The van der Waals surface area contributed by atoms with Gasteiger partial charge in [-0.3, -0.25) is 10.1 Å². The summed E-state index contributed by atoms with van der Waals surface area (Å²) in [5, 5.41) is 3.04. The number of carbonyl (C=O) groups is 1. The summed E-state index contributed by atoms with van der Waals surface area (Å²) in [6, 6.07) is 0. The van der Waals surface area contributed by atoms with E-state index in [0.29, 0.717) is 17.7 Å². The summed E-state index contributed by atoms with van der Waals surface area (Å²) in [7, 11) is 0. The van der Waals surface area contributed by atoms with E-state index in [4.69, 9.17) is 0 Å². The maximum absolute atomic E-state index is 10.1. The number of rotatable bonds is 1. The molecule has 1 rings (SSSR count). The third-order valence-corrected chi connectivity index (χ3v) is 2.20. The van der Waals surface area contributed by atoms with Crippen LogP contribution in [0.25, 0.3) is 0 Å². The highest BCUT2D eigenvalue weighted by molar-refractivity contribution is 7.66. The molecule has 0 unspecified atom stereocenters. The lowest BCUT2D eigenvalue weighted by Gasteiger charge is -2.14. The van der Waals surface area contributed by atoms with Crippen LogP contribution in [0.3, 0.4) is 0 Å². The first-order valence-electron chi connectivity index (χ1n) is 5.00. The van der Waals surface area contributed by atoms with Gasteiger partial charge >= 0.3 is 0 Å². The van der Waals surface area contributed by atoms with Crippen LogP contribution in [-0.4, -0.2) is 27.8 Å². The first-order valence-corrected chi connectivity index (χ1v) is 5.75. The van der Waals surface area contributed by atoms with E-state index in [9.17, 15) is 9.00 Å². The zero-order valence-corrected chi connectivity index (χ0v) is 10.4. The van der Waals surface area contributed by atoms with E-state index in [-0.39, 0.29) is 5.60 Å². The van der Waals surface area contributed by atoms with Crippen molar-refractivity contribution in [1.82, 2.24) is 5.32 Å². The molecule has 0 amide bonds. The van der Waals surface area contributed by atoms with Crippen molar-refractivity contribution >= 4 is 22.7 Å². The van der Waals surface area contributed by atoms with Gasteiger partial charge in [0.2, 0.25) is 0 Å². The van der Waals surface area contributed by atoms with E-state index in [1.54, 1.807) is 0 Å². The molecule has 1 heterocycles. The average Bonchev–Trinajstić information content (AvgIpc) is 2.18. The maximum Gasteiger partial charge on any atom is 0.293 e. The van der Waals surface area contributed by atoms with Gasteiger partial charge in [-0.25, -0.2) is 4.21 Å². The molecule has 0 spiro atoms. The van der Waals surface area contributed by atoms with E-state index < -0.39 is 0 Å². The lowest BCUT2D eigenvalue weighted by Crippen LogP contribution is -2.28. The second-order valence-electron chi connectivity index (χ2n) is 4.22. The number of ether oxygens (including phenoxy) is 1. The van der Waals surface area contributed by atoms with Gasteiger partial charge in [-0.05, 0) is 40.0 Å². The van der Waals surface area contributed by atoms with Crippen LogP contribution >= 0.6 is 0 Å². The maximum atomic E-state index is 10.1. The minimum Gasteiger partial charge on any atom is -0.462 e. The average molecular weight is 233 g/mol. The summed E-state index contributed by atoms with van der Waals surface area (Å²) >= 11 is 0.601. The second-order valence-corrected chi connectivity index (χ2v) is 4.88. The van der Waals surface area contributed by atoms with Gasteiger partial charge in [0.25, 0.3) is 6.47 Å². The van der Waals surface area contributed by atoms with Crippen LogP contribution in [0.5, 0.6) is 0 Å². The summed E-state index contributed by atoms with van der Waals surface area (Å²) in [6.45, 7) is 6.91. The molecule has 0 atom stereocenters. The van der Waals surface area contributed by atoms with Crippen LogP contribution in [0.1, 0.15) is 40.0 Å². The predicted molar refractivity (Wildman–Crippen MR) is 61.9 cm³/mol. The molecule has 0 saturated carbocycles. The molecule has 0 aromatic heterocycles. The van der Waals surface area contributed by atoms with Crippen LogP contribution in [0.2, 0.25) is 0 Å². The zero-order valence-electron chi connectivity index (χ0n) is 9.54. The molecule has 1 aliphatic heterocycles. The Morgan fingerprint density at radius 3 is 2.27 bits per heavy atom. The SMILES string of the molecule is CC(C)(C)OC=O.O=S=C1CCCCN1. The van der Waals surface area contributed by atoms with Gasteiger partial charge in [-0.2, -0.15) is 0 Å². The molecule has 0 aromatic rings. The van der Waals surface area contributed by atoms with Crippen molar-refractivity contribution in [3.63, 3.8) is 0 Å². The van der Waals surface area contributed by atoms with E-state index in [0.717, 1.165) is 18.0 Å². The fourth-order valence-corrected chi connectivity index (χ4v) is 1.33. The van der Waals surface area contributed by atoms with Crippen molar-refractivity contribution < 1.29 is 13.7 Å². The standard InChI is InChI=1S/C5H9NOS.C5H10O2/c7-8-5-3-1-2-4-6-5;1-5(2,3)7-4-6/h6H,1-4H2;4H,1-3H3. The Morgan fingerprint density at radius 2 is 2.07 bits per heavy atom. The second kappa shape index (κ2) is 7.59. The summed E-state index contributed by atoms with van der Waals surface area (Å²) in [5.41, 5.74) is -0.318. The molecule has 5 heteroatoms. The summed E-state index contributed by atoms with van der Waals surface area (Å²) in [6.07, 6.45) is 3.36. The Hall–Kier alpha value is -0.680. The van der Waals surface area contributed by atoms with E-state index in [1.165, 1.54) is 12.8 Å². The number of hydrogen-bond acceptors (Lipinski definition) is 3. The first kappa shape index (κ1) is 14.3. The summed E-state index contributed by atoms with van der Waals surface area (Å²) in [4.78, 5) is 10.5. The lowest BCUT2D eigenvalue weighted by atomic mass is 10.2. The van der Waals surface area contributed by atoms with Crippen molar-refractivity contribution in [1.29, 1.82) is 0 Å². The number of hydrogen-bond donors (Lipinski definition) is 1. The van der Waals surface area contributed by atoms with Crippen molar-refractivity contribution in [3.05, 3.63) is 0 Å². The van der Waals surface area contributed by atoms with Gasteiger partial charge in [-0.15, -0.1) is 0 Å². The molecule has 0 radical (unpaired) electrons. The van der Waals surface area contributed by atoms with Gasteiger partial charge in [0, 0.05) is 6.54 Å². The first-order chi connectivity index (χ1) is 6.99. The number of piperidine rings is 1. The van der Waals surface area contributed by atoms with Crippen LogP contribution in [0.4, 0.5) is 0 Å². The molecule has 1 N–H and O–H groups in total. The van der Waals surface area contributed by atoms with Gasteiger partial charge in [0.15, 0.2) is 0 Å². The van der Waals surface area contributed by atoms with Crippen molar-refractivity contribution in [2.75, 3.05) is 6.54 Å². The Balaban J connectivity index is 0.000000265. The van der Waals surface area contributed by atoms with E-state index in [1.807, 2.05) is 20.8 Å². The molecular formula is C10H19NO3S. The van der Waals surface area contributed by atoms with Gasteiger partial charge in [0.05, 0.1) is 4.99 Å². The highest BCUT2D eigenvalue weighted by Crippen LogP contribution is 2.02. The van der Waals surface area contributed by atoms with Crippen molar-refractivity contribution in [3.8, 4) is 0 Å². The highest BCUT2D eigenvalue weighted by Gasteiger charge is 2.07. The van der Waals surface area contributed by atoms with Crippen LogP contribution in [0, 0.1) is 0 Å². The topological polar surface area (TPSA) is 55.4 Å². The fourth-order valence-electron chi connectivity index (χ4n) is 0.942. The minimum atomic E-state index is -0.318. The Labute approximate surface area is 94.5 Å². The molecule has 1 aliphatic rings. The van der Waals surface area contributed by atoms with E-state index in [2.05, 4.69) is 10.1 Å². The smallest absolute Gasteiger partial charge is 0.293 e. The molecule has 0 aromatic carbocycles. The summed E-state index contributed by atoms with van der Waals surface area (Å²) in [5.74, 6) is 0. The third-order valence-electron chi connectivity index (χ3n) is 1.66. The predicted octanol–water partition coefficient (Wildman–Crippen LogP) is 1.06. The van der Waals surface area contributed by atoms with Crippen molar-refractivity contribution in [2.24, 2.45) is 0 Å². The quantitative estimate of drug-likeness (QED) is 0.543.